The van der Waals surface area contributed by atoms with E-state index >= 15 is 0 Å². The number of halogens is 1. The van der Waals surface area contributed by atoms with E-state index in [9.17, 15) is 19.2 Å². The Balaban J connectivity index is 0.00000111. The van der Waals surface area contributed by atoms with Crippen LogP contribution in [0.5, 0.6) is 0 Å². The fourth-order valence-electron chi connectivity index (χ4n) is 6.79. The lowest BCUT2D eigenvalue weighted by Crippen LogP contribution is -2.42. The van der Waals surface area contributed by atoms with Gasteiger partial charge in [-0.3, -0.25) is 9.59 Å². The smallest absolute Gasteiger partial charge is 0.253 e. The summed E-state index contributed by atoms with van der Waals surface area (Å²) in [5.74, 6) is 0.0600. The lowest BCUT2D eigenvalue weighted by atomic mass is 9.69. The molecule has 45 heavy (non-hydrogen) atoms. The number of carbonyl (C=O) groups is 2. The standard InChI is InChI=1S/C30H33FN8O2.2C2H6/c31-23-8-10-26-21(17-23)6-5-20-16-22(28(41)38-13-1-2-14-38)7-9-25(20)30(26,29-34-36-37-35-29)11-12-33-19-27(40)39-15-3-4-24(39)18-32;2*1-2/h7-10,16-17,24,33H,1-6,11-15,19H2,(H,34,35,36,37);2*1-2H3. The third-order valence-electron chi connectivity index (χ3n) is 8.80. The maximum Gasteiger partial charge on any atom is 0.253 e. The molecule has 2 aromatic carbocycles. The number of aromatic nitrogens is 4. The van der Waals surface area contributed by atoms with Crippen molar-refractivity contribution < 1.29 is 14.0 Å². The van der Waals surface area contributed by atoms with E-state index in [4.69, 9.17) is 0 Å². The molecule has 2 fully saturated rings. The minimum atomic E-state index is -0.893. The molecule has 3 aromatic rings. The zero-order chi connectivity index (χ0) is 32.4. The van der Waals surface area contributed by atoms with Gasteiger partial charge in [-0.1, -0.05) is 45.0 Å². The largest absolute Gasteiger partial charge is 0.339 e. The quantitative estimate of drug-likeness (QED) is 0.372. The Kier molecular flexibility index (Phi) is 11.8. The van der Waals surface area contributed by atoms with Gasteiger partial charge in [0, 0.05) is 25.2 Å². The summed E-state index contributed by atoms with van der Waals surface area (Å²) in [5.41, 5.74) is 3.42. The van der Waals surface area contributed by atoms with Gasteiger partial charge in [-0.15, -0.1) is 10.2 Å². The molecule has 2 saturated heterocycles. The van der Waals surface area contributed by atoms with E-state index < -0.39 is 5.41 Å². The molecule has 3 heterocycles. The molecule has 1 aromatic heterocycles. The second-order valence-electron chi connectivity index (χ2n) is 11.1. The van der Waals surface area contributed by atoms with Crippen molar-refractivity contribution >= 4 is 11.8 Å². The highest BCUT2D eigenvalue weighted by atomic mass is 19.1. The first-order valence-corrected chi connectivity index (χ1v) is 16.4. The molecule has 0 saturated carbocycles. The molecule has 6 rings (SSSR count). The number of tetrazole rings is 1. The third-order valence-corrected chi connectivity index (χ3v) is 8.80. The second-order valence-corrected chi connectivity index (χ2v) is 11.1. The summed E-state index contributed by atoms with van der Waals surface area (Å²) >= 11 is 0. The van der Waals surface area contributed by atoms with Gasteiger partial charge < -0.3 is 15.1 Å². The lowest BCUT2D eigenvalue weighted by Gasteiger charge is -2.34. The highest BCUT2D eigenvalue weighted by Crippen LogP contribution is 2.46. The van der Waals surface area contributed by atoms with Crippen molar-refractivity contribution in [2.45, 2.75) is 84.1 Å². The van der Waals surface area contributed by atoms with Gasteiger partial charge in [-0.2, -0.15) is 10.5 Å². The van der Waals surface area contributed by atoms with E-state index in [-0.39, 0.29) is 30.2 Å². The third kappa shape index (κ3) is 6.91. The fourth-order valence-corrected chi connectivity index (χ4v) is 6.79. The number of fused-ring (bicyclic) bond motifs is 2. The van der Waals surface area contributed by atoms with Crippen LogP contribution in [0.1, 0.15) is 98.2 Å². The van der Waals surface area contributed by atoms with Gasteiger partial charge in [0.15, 0.2) is 5.82 Å². The number of aryl methyl sites for hydroxylation is 2. The number of carbonyl (C=O) groups excluding carboxylic acids is 2. The molecule has 1 aliphatic carbocycles. The molecule has 10 nitrogen and oxygen atoms in total. The monoisotopic (exact) mass is 616 g/mol. The van der Waals surface area contributed by atoms with Gasteiger partial charge in [0.1, 0.15) is 11.9 Å². The summed E-state index contributed by atoms with van der Waals surface area (Å²) in [6.45, 7) is 10.7. The lowest BCUT2D eigenvalue weighted by molar-refractivity contribution is -0.130. The minimum Gasteiger partial charge on any atom is -0.339 e. The van der Waals surface area contributed by atoms with Crippen LogP contribution in [-0.4, -0.2) is 81.0 Å². The average Bonchev–Trinajstić information content (AvgIpc) is 3.89. The fraction of sp³-hybridized carbons (Fsp3) is 0.529. The Labute approximate surface area is 265 Å². The van der Waals surface area contributed by atoms with Gasteiger partial charge in [-0.25, -0.2) is 4.39 Å². The predicted octanol–water partition coefficient (Wildman–Crippen LogP) is 4.55. The number of nitrogens with zero attached hydrogens (tertiary/aromatic N) is 6. The number of rotatable bonds is 7. The molecular formula is C34H45FN8O2. The maximum absolute atomic E-state index is 14.5. The second kappa shape index (κ2) is 15.7. The minimum absolute atomic E-state index is 0.0287. The van der Waals surface area contributed by atoms with Crippen molar-refractivity contribution in [3.63, 3.8) is 0 Å². The molecule has 0 spiro atoms. The Bertz CT molecular complexity index is 1480. The highest BCUT2D eigenvalue weighted by Gasteiger charge is 2.44. The molecule has 0 bridgehead atoms. The van der Waals surface area contributed by atoms with Gasteiger partial charge in [0.05, 0.1) is 18.0 Å². The number of H-pyrrole nitrogens is 1. The maximum atomic E-state index is 14.5. The number of nitriles is 1. The van der Waals surface area contributed by atoms with Crippen molar-refractivity contribution in [1.29, 1.82) is 5.26 Å². The molecule has 2 N–H and O–H groups in total. The number of benzene rings is 2. The van der Waals surface area contributed by atoms with Crippen molar-refractivity contribution in [2.75, 3.05) is 32.7 Å². The Hall–Kier alpha value is -4.17. The van der Waals surface area contributed by atoms with Gasteiger partial charge in [-0.05, 0) is 98.0 Å². The molecule has 0 radical (unpaired) electrons. The number of aromatic amines is 1. The molecule has 11 heteroatoms. The first-order valence-electron chi connectivity index (χ1n) is 16.4. The summed E-state index contributed by atoms with van der Waals surface area (Å²) < 4.78 is 14.5. The molecular weight excluding hydrogens is 571 g/mol. The Morgan fingerprint density at radius 3 is 2.38 bits per heavy atom. The van der Waals surface area contributed by atoms with Crippen LogP contribution >= 0.6 is 0 Å². The van der Waals surface area contributed by atoms with Crippen molar-refractivity contribution in [3.8, 4) is 6.07 Å². The normalized spacial score (nSPS) is 20.0. The molecule has 240 valence electrons. The van der Waals surface area contributed by atoms with Crippen LogP contribution in [0.15, 0.2) is 36.4 Å². The van der Waals surface area contributed by atoms with E-state index in [0.29, 0.717) is 50.2 Å². The molecule has 2 unspecified atom stereocenters. The number of likely N-dealkylation sites (tertiary alicyclic amines) is 2. The molecule has 2 atom stereocenters. The van der Waals surface area contributed by atoms with E-state index in [2.05, 4.69) is 32.0 Å². The zero-order valence-corrected chi connectivity index (χ0v) is 26.9. The van der Waals surface area contributed by atoms with Gasteiger partial charge >= 0.3 is 0 Å². The SMILES string of the molecule is CC.CC.N#CC1CCCN1C(=O)CNCCC1(c2nn[nH]n2)c2ccc(F)cc2CCc2cc(C(=O)N3CCCC3)ccc21. The van der Waals surface area contributed by atoms with Crippen LogP contribution in [0.4, 0.5) is 4.39 Å². The van der Waals surface area contributed by atoms with Crippen LogP contribution in [-0.2, 0) is 23.1 Å². The Morgan fingerprint density at radius 2 is 1.71 bits per heavy atom. The predicted molar refractivity (Wildman–Crippen MR) is 170 cm³/mol. The van der Waals surface area contributed by atoms with Crippen LogP contribution in [0.2, 0.25) is 0 Å². The highest BCUT2D eigenvalue weighted by molar-refractivity contribution is 5.94. The van der Waals surface area contributed by atoms with Crippen molar-refractivity contribution in [3.05, 3.63) is 75.9 Å². The number of nitrogens with one attached hydrogen (secondary N) is 2. The van der Waals surface area contributed by atoms with Crippen molar-refractivity contribution in [1.82, 2.24) is 35.7 Å². The topological polar surface area (TPSA) is 131 Å². The first kappa shape index (κ1) is 33.7. The van der Waals surface area contributed by atoms with E-state index in [1.54, 1.807) is 17.0 Å². The summed E-state index contributed by atoms with van der Waals surface area (Å²) in [5, 5.41) is 28.0. The van der Waals surface area contributed by atoms with Gasteiger partial charge in [0.25, 0.3) is 5.91 Å². The van der Waals surface area contributed by atoms with Crippen LogP contribution in [0.3, 0.4) is 0 Å². The van der Waals surface area contributed by atoms with E-state index in [1.807, 2.05) is 50.8 Å². The average molecular weight is 617 g/mol. The van der Waals surface area contributed by atoms with Crippen LogP contribution in [0.25, 0.3) is 0 Å². The van der Waals surface area contributed by atoms with Gasteiger partial charge in [0.2, 0.25) is 5.91 Å². The summed E-state index contributed by atoms with van der Waals surface area (Å²) in [6.07, 6.45) is 5.26. The number of amides is 2. The van der Waals surface area contributed by atoms with Crippen molar-refractivity contribution in [2.24, 2.45) is 0 Å². The van der Waals surface area contributed by atoms with E-state index in [0.717, 1.165) is 54.6 Å². The molecule has 2 aliphatic heterocycles. The Morgan fingerprint density at radius 1 is 1.02 bits per heavy atom. The summed E-state index contributed by atoms with van der Waals surface area (Å²) in [4.78, 5) is 29.7. The molecule has 2 amide bonds. The van der Waals surface area contributed by atoms with E-state index in [1.165, 1.54) is 6.07 Å². The first-order chi connectivity index (χ1) is 22.0. The summed E-state index contributed by atoms with van der Waals surface area (Å²) in [7, 11) is 0. The zero-order valence-electron chi connectivity index (χ0n) is 26.9. The number of hydrogen-bond donors (Lipinski definition) is 2. The van der Waals surface area contributed by atoms with Crippen LogP contribution in [0, 0.1) is 17.1 Å². The summed E-state index contributed by atoms with van der Waals surface area (Å²) in [6, 6.07) is 12.5. The van der Waals surface area contributed by atoms with Crippen LogP contribution < -0.4 is 5.32 Å². The molecule has 3 aliphatic rings. The number of hydrogen-bond acceptors (Lipinski definition) is 7.